The number of hydrogen-bond acceptors (Lipinski definition) is 1. The molecule has 0 aliphatic heterocycles. The summed E-state index contributed by atoms with van der Waals surface area (Å²) in [5, 5.41) is 3.35. The van der Waals surface area contributed by atoms with Gasteiger partial charge in [0, 0.05) is 32.9 Å². The first-order chi connectivity index (χ1) is 14.8. The van der Waals surface area contributed by atoms with Gasteiger partial charge in [0.15, 0.2) is 0 Å². The number of nitrogens with one attached hydrogen (secondary N) is 1. The Morgan fingerprint density at radius 2 is 1.40 bits per heavy atom. The zero-order valence-corrected chi connectivity index (χ0v) is 16.1. The molecule has 1 N–H and O–H groups in total. The number of para-hydroxylation sites is 1. The molecule has 30 heavy (non-hydrogen) atoms. The molecule has 2 heterocycles. The van der Waals surface area contributed by atoms with E-state index in [1.54, 1.807) is 12.1 Å². The predicted octanol–water partition coefficient (Wildman–Crippen LogP) is 7.34. The van der Waals surface area contributed by atoms with E-state index in [1.807, 2.05) is 42.5 Å². The van der Waals surface area contributed by atoms with E-state index in [0.29, 0.717) is 0 Å². The van der Waals surface area contributed by atoms with E-state index in [0.717, 1.165) is 55.1 Å². The molecule has 0 fully saturated rings. The van der Waals surface area contributed by atoms with Gasteiger partial charge in [-0.1, -0.05) is 60.7 Å². The lowest BCUT2D eigenvalue weighted by molar-refractivity contribution is 0.628. The average Bonchev–Trinajstić information content (AvgIpc) is 3.15. The molecule has 6 aromatic rings. The van der Waals surface area contributed by atoms with E-state index in [9.17, 15) is 4.39 Å². The molecule has 2 aromatic heterocycles. The van der Waals surface area contributed by atoms with Crippen LogP contribution in [0.25, 0.3) is 55.1 Å². The molecule has 0 amide bonds. The highest BCUT2D eigenvalue weighted by Gasteiger charge is 2.13. The highest BCUT2D eigenvalue weighted by Crippen LogP contribution is 2.36. The molecule has 3 heteroatoms. The standard InChI is InChI=1S/C27H17FN2/c28-19-10-6-9-18(13-19)25-14-21(17-7-2-1-3-8-17)23-16-26-22(15-27(23)30-25)20-11-4-5-12-24(20)29-26/h1-16,30H. The SMILES string of the molecule is Fc1cccc(-c2cc(-c3ccccc3)c3cc4nc5ccccc5c4cc3[nH]2)c1. The van der Waals surface area contributed by atoms with Crippen LogP contribution in [0.5, 0.6) is 0 Å². The maximum absolute atomic E-state index is 13.9. The number of aromatic nitrogens is 2. The van der Waals surface area contributed by atoms with Crippen molar-refractivity contribution >= 4 is 32.7 Å². The monoisotopic (exact) mass is 388 g/mol. The van der Waals surface area contributed by atoms with Crippen LogP contribution in [0.3, 0.4) is 0 Å². The summed E-state index contributed by atoms with van der Waals surface area (Å²) in [6.45, 7) is 0. The predicted molar refractivity (Wildman–Crippen MR) is 122 cm³/mol. The van der Waals surface area contributed by atoms with Crippen molar-refractivity contribution in [3.63, 3.8) is 0 Å². The van der Waals surface area contributed by atoms with Crippen molar-refractivity contribution in [1.82, 2.24) is 9.97 Å². The second-order valence-corrected chi connectivity index (χ2v) is 7.52. The first kappa shape index (κ1) is 16.9. The topological polar surface area (TPSA) is 28.7 Å². The largest absolute Gasteiger partial charge is 0.354 e. The van der Waals surface area contributed by atoms with Gasteiger partial charge in [-0.3, -0.25) is 0 Å². The molecular weight excluding hydrogens is 371 g/mol. The average molecular weight is 388 g/mol. The molecule has 4 aromatic carbocycles. The summed E-state index contributed by atoms with van der Waals surface area (Å²) >= 11 is 0. The first-order valence-electron chi connectivity index (χ1n) is 9.93. The fraction of sp³-hybridized carbons (Fsp3) is 0. The molecule has 6 rings (SSSR count). The van der Waals surface area contributed by atoms with E-state index in [-0.39, 0.29) is 5.82 Å². The Labute approximate surface area is 172 Å². The number of aromatic amines is 1. The summed E-state index contributed by atoms with van der Waals surface area (Å²) in [4.78, 5) is 8.36. The van der Waals surface area contributed by atoms with Crippen molar-refractivity contribution in [3.8, 4) is 22.4 Å². The van der Waals surface area contributed by atoms with Crippen LogP contribution in [0.1, 0.15) is 0 Å². The molecule has 0 atom stereocenters. The molecule has 0 spiro atoms. The second kappa shape index (κ2) is 6.53. The van der Waals surface area contributed by atoms with E-state index in [4.69, 9.17) is 4.98 Å². The van der Waals surface area contributed by atoms with Gasteiger partial charge in [-0.15, -0.1) is 0 Å². The van der Waals surface area contributed by atoms with E-state index >= 15 is 0 Å². The maximum atomic E-state index is 13.9. The number of hydrogen-bond donors (Lipinski definition) is 1. The lowest BCUT2D eigenvalue weighted by Gasteiger charge is -2.12. The summed E-state index contributed by atoms with van der Waals surface area (Å²) < 4.78 is 13.9. The van der Waals surface area contributed by atoms with Gasteiger partial charge in [-0.05, 0) is 47.5 Å². The summed E-state index contributed by atoms with van der Waals surface area (Å²) in [7, 11) is 0. The molecule has 142 valence electrons. The highest BCUT2D eigenvalue weighted by atomic mass is 19.1. The maximum Gasteiger partial charge on any atom is 0.123 e. The number of pyridine rings is 1. The zero-order chi connectivity index (χ0) is 20.1. The third kappa shape index (κ3) is 2.67. The van der Waals surface area contributed by atoms with Crippen molar-refractivity contribution in [2.45, 2.75) is 0 Å². The van der Waals surface area contributed by atoms with Gasteiger partial charge < -0.3 is 4.98 Å². The van der Waals surface area contributed by atoms with Crippen LogP contribution in [-0.2, 0) is 0 Å². The summed E-state index contributed by atoms with van der Waals surface area (Å²) in [6.07, 6.45) is 0. The summed E-state index contributed by atoms with van der Waals surface area (Å²) in [5.41, 5.74) is 6.88. The molecular formula is C27H17FN2. The Balaban J connectivity index is 1.72. The molecule has 0 aliphatic rings. The van der Waals surface area contributed by atoms with Gasteiger partial charge >= 0.3 is 0 Å². The molecule has 0 unspecified atom stereocenters. The quantitative estimate of drug-likeness (QED) is 0.330. The summed E-state index contributed by atoms with van der Waals surface area (Å²) in [6, 6.07) is 31.6. The Morgan fingerprint density at radius 1 is 0.600 bits per heavy atom. The highest BCUT2D eigenvalue weighted by molar-refractivity contribution is 6.13. The smallest absolute Gasteiger partial charge is 0.123 e. The second-order valence-electron chi connectivity index (χ2n) is 7.52. The Hall–Kier alpha value is -3.98. The van der Waals surface area contributed by atoms with Crippen LogP contribution < -0.4 is 0 Å². The fourth-order valence-corrected chi connectivity index (χ4v) is 4.22. The Bertz CT molecular complexity index is 1550. The lowest BCUT2D eigenvalue weighted by atomic mass is 9.97. The van der Waals surface area contributed by atoms with Gasteiger partial charge in [-0.2, -0.15) is 0 Å². The number of rotatable bonds is 2. The number of H-pyrrole nitrogens is 1. The third-order valence-electron chi connectivity index (χ3n) is 5.64. The van der Waals surface area contributed by atoms with E-state index < -0.39 is 0 Å². The molecule has 0 saturated carbocycles. The van der Waals surface area contributed by atoms with Crippen LogP contribution in [0.15, 0.2) is 97.1 Å². The summed E-state index contributed by atoms with van der Waals surface area (Å²) in [5.74, 6) is -0.246. The van der Waals surface area contributed by atoms with Crippen LogP contribution in [0, 0.1) is 5.82 Å². The van der Waals surface area contributed by atoms with Gasteiger partial charge in [0.1, 0.15) is 5.82 Å². The van der Waals surface area contributed by atoms with E-state index in [1.165, 1.54) is 6.07 Å². The number of fused-ring (bicyclic) bond motifs is 4. The first-order valence-corrected chi connectivity index (χ1v) is 9.93. The van der Waals surface area contributed by atoms with Crippen molar-refractivity contribution in [2.24, 2.45) is 0 Å². The number of benzene rings is 4. The van der Waals surface area contributed by atoms with Crippen molar-refractivity contribution in [1.29, 1.82) is 0 Å². The van der Waals surface area contributed by atoms with Gasteiger partial charge in [-0.25, -0.2) is 9.37 Å². The van der Waals surface area contributed by atoms with Crippen molar-refractivity contribution in [3.05, 3.63) is 103 Å². The molecule has 0 saturated heterocycles. The van der Waals surface area contributed by atoms with Crippen molar-refractivity contribution in [2.75, 3.05) is 0 Å². The number of halogens is 1. The minimum atomic E-state index is -0.246. The number of nitrogens with zero attached hydrogens (tertiary/aromatic N) is 1. The third-order valence-corrected chi connectivity index (χ3v) is 5.64. The minimum absolute atomic E-state index is 0.246. The van der Waals surface area contributed by atoms with Crippen LogP contribution in [-0.4, -0.2) is 9.97 Å². The zero-order valence-electron chi connectivity index (χ0n) is 16.1. The minimum Gasteiger partial charge on any atom is -0.354 e. The molecule has 0 radical (unpaired) electrons. The van der Waals surface area contributed by atoms with Gasteiger partial charge in [0.2, 0.25) is 0 Å². The van der Waals surface area contributed by atoms with Gasteiger partial charge in [0.25, 0.3) is 0 Å². The molecule has 2 nitrogen and oxygen atoms in total. The van der Waals surface area contributed by atoms with Crippen LogP contribution in [0.2, 0.25) is 0 Å². The van der Waals surface area contributed by atoms with Gasteiger partial charge in [0.05, 0.1) is 11.0 Å². The normalized spacial score (nSPS) is 11.5. The van der Waals surface area contributed by atoms with Crippen molar-refractivity contribution < 1.29 is 4.39 Å². The van der Waals surface area contributed by atoms with Crippen LogP contribution >= 0.6 is 0 Å². The fourth-order valence-electron chi connectivity index (χ4n) is 4.22. The van der Waals surface area contributed by atoms with Crippen LogP contribution in [0.4, 0.5) is 4.39 Å². The Kier molecular flexibility index (Phi) is 3.68. The molecule has 0 bridgehead atoms. The lowest BCUT2D eigenvalue weighted by Crippen LogP contribution is -1.91. The van der Waals surface area contributed by atoms with E-state index in [2.05, 4.69) is 41.4 Å². The Morgan fingerprint density at radius 3 is 2.27 bits per heavy atom. The molecule has 0 aliphatic carbocycles.